The molecule has 3 heterocycles. The molecule has 0 bridgehead atoms. The van der Waals surface area contributed by atoms with E-state index in [4.69, 9.17) is 9.47 Å². The summed E-state index contributed by atoms with van der Waals surface area (Å²) in [4.78, 5) is 5.14. The highest BCUT2D eigenvalue weighted by Crippen LogP contribution is 2.64. The molecule has 310 valence electrons. The lowest BCUT2D eigenvalue weighted by Crippen LogP contribution is -2.26. The van der Waals surface area contributed by atoms with Gasteiger partial charge in [0.1, 0.15) is 0 Å². The molecular weight excluding hydrogens is 773 g/mol. The normalized spacial score (nSPS) is 17.9. The highest BCUT2D eigenvalue weighted by atomic mass is 16.5. The Bertz CT molecular complexity index is 2810. The molecule has 3 aliphatic heterocycles. The third-order valence-corrected chi connectivity index (χ3v) is 14.2. The second-order valence-corrected chi connectivity index (χ2v) is 18.0. The summed E-state index contributed by atoms with van der Waals surface area (Å²) < 4.78 is 13.6. The van der Waals surface area contributed by atoms with Gasteiger partial charge in [-0.2, -0.15) is 5.26 Å². The van der Waals surface area contributed by atoms with E-state index in [9.17, 15) is 5.26 Å². The Morgan fingerprint density at radius 1 is 0.460 bits per heavy atom. The number of nitrogens with zero attached hydrogens (tertiary/aromatic N) is 3. The maximum absolute atomic E-state index is 10.2. The Balaban J connectivity index is 1.32. The molecule has 63 heavy (non-hydrogen) atoms. The minimum Gasteiger partial charge on any atom is -0.453 e. The van der Waals surface area contributed by atoms with Gasteiger partial charge < -0.3 is 24.6 Å². The molecule has 1 N–H and O–H groups in total. The monoisotopic (exact) mass is 822 g/mol. The number of nitriles is 1. The molecule has 0 aromatic heterocycles. The first kappa shape index (κ1) is 37.9. The molecule has 3 fully saturated rings. The van der Waals surface area contributed by atoms with Crippen molar-refractivity contribution in [1.29, 1.82) is 5.26 Å². The SMILES string of the molecule is N#Cc1ccc(-c2c(C3CCCCC3)c(-c3ccc(C4CN4)cc3)c(N3c4ccccc4Oc4ccccc43)c(C3CCCCC3)c2N2c3ccccc3Oc3ccccc32)cc1. The highest BCUT2D eigenvalue weighted by molar-refractivity contribution is 6.07. The van der Waals surface area contributed by atoms with Crippen LogP contribution in [0.15, 0.2) is 146 Å². The quantitative estimate of drug-likeness (QED) is 0.161. The molecule has 6 nitrogen and oxygen atoms in total. The van der Waals surface area contributed by atoms with Crippen LogP contribution in [-0.4, -0.2) is 6.54 Å². The van der Waals surface area contributed by atoms with E-state index in [1.807, 2.05) is 12.1 Å². The number of nitrogens with one attached hydrogen (secondary N) is 1. The van der Waals surface area contributed by atoms with Crippen LogP contribution < -0.4 is 24.6 Å². The van der Waals surface area contributed by atoms with Gasteiger partial charge in [-0.25, -0.2) is 0 Å². The zero-order valence-corrected chi connectivity index (χ0v) is 35.5. The van der Waals surface area contributed by atoms with Crippen molar-refractivity contribution in [3.05, 3.63) is 168 Å². The number of rotatable bonds is 7. The fourth-order valence-corrected chi connectivity index (χ4v) is 11.2. The lowest BCUT2D eigenvalue weighted by molar-refractivity contribution is 0.440. The van der Waals surface area contributed by atoms with Crippen LogP contribution in [0.25, 0.3) is 22.3 Å². The smallest absolute Gasteiger partial charge is 0.151 e. The number of hydrogen-bond acceptors (Lipinski definition) is 6. The van der Waals surface area contributed by atoms with E-state index in [0.29, 0.717) is 17.5 Å². The molecule has 1 unspecified atom stereocenters. The molecule has 0 radical (unpaired) electrons. The van der Waals surface area contributed by atoms with E-state index in [-0.39, 0.29) is 5.92 Å². The minimum absolute atomic E-state index is 0.249. The summed E-state index contributed by atoms with van der Waals surface area (Å²) in [6.45, 7) is 1.02. The summed E-state index contributed by atoms with van der Waals surface area (Å²) in [7, 11) is 0. The molecule has 6 heteroatoms. The average Bonchev–Trinajstić information content (AvgIpc) is 4.21. The zero-order chi connectivity index (χ0) is 41.9. The van der Waals surface area contributed by atoms with E-state index in [1.165, 1.54) is 83.3 Å². The number of fused-ring (bicyclic) bond motifs is 4. The number of ether oxygens (including phenoxy) is 2. The van der Waals surface area contributed by atoms with Crippen LogP contribution in [-0.2, 0) is 0 Å². The molecular formula is C57H50N4O2. The average molecular weight is 823 g/mol. The molecule has 12 rings (SSSR count). The topological polar surface area (TPSA) is 70.7 Å². The van der Waals surface area contributed by atoms with E-state index in [1.54, 1.807) is 0 Å². The predicted molar refractivity (Wildman–Crippen MR) is 254 cm³/mol. The van der Waals surface area contributed by atoms with Crippen LogP contribution in [0.3, 0.4) is 0 Å². The Morgan fingerprint density at radius 2 is 0.841 bits per heavy atom. The number of anilines is 6. The zero-order valence-electron chi connectivity index (χ0n) is 35.5. The van der Waals surface area contributed by atoms with Crippen LogP contribution in [0.5, 0.6) is 23.0 Å². The highest BCUT2D eigenvalue weighted by Gasteiger charge is 2.42. The van der Waals surface area contributed by atoms with Crippen molar-refractivity contribution in [1.82, 2.24) is 5.32 Å². The van der Waals surface area contributed by atoms with Gasteiger partial charge in [-0.15, -0.1) is 0 Å². The third kappa shape index (κ3) is 6.57. The van der Waals surface area contributed by atoms with Gasteiger partial charge in [-0.05, 0) is 120 Å². The molecule has 1 saturated heterocycles. The van der Waals surface area contributed by atoms with Gasteiger partial charge >= 0.3 is 0 Å². The molecule has 0 amide bonds. The largest absolute Gasteiger partial charge is 0.453 e. The Kier molecular flexibility index (Phi) is 9.52. The van der Waals surface area contributed by atoms with Crippen LogP contribution >= 0.6 is 0 Å². The lowest BCUT2D eigenvalue weighted by atomic mass is 9.71. The fraction of sp³-hybridized carbons (Fsp3) is 0.246. The molecule has 2 saturated carbocycles. The van der Waals surface area contributed by atoms with Crippen molar-refractivity contribution in [3.8, 4) is 51.3 Å². The van der Waals surface area contributed by atoms with Crippen molar-refractivity contribution in [2.45, 2.75) is 82.1 Å². The van der Waals surface area contributed by atoms with E-state index in [0.717, 1.165) is 83.5 Å². The third-order valence-electron chi connectivity index (χ3n) is 14.2. The Labute approximate surface area is 370 Å². The first-order valence-electron chi connectivity index (χ1n) is 23.1. The van der Waals surface area contributed by atoms with Gasteiger partial charge in [0, 0.05) is 29.3 Å². The van der Waals surface area contributed by atoms with Crippen molar-refractivity contribution in [2.75, 3.05) is 16.3 Å². The fourth-order valence-electron chi connectivity index (χ4n) is 11.2. The summed E-state index contributed by atoms with van der Waals surface area (Å²) in [6.07, 6.45) is 11.6. The van der Waals surface area contributed by atoms with Crippen LogP contribution in [0.1, 0.15) is 104 Å². The number of benzene rings is 7. The van der Waals surface area contributed by atoms with Crippen molar-refractivity contribution >= 4 is 34.1 Å². The van der Waals surface area contributed by atoms with E-state index < -0.39 is 0 Å². The van der Waals surface area contributed by atoms with E-state index in [2.05, 4.69) is 155 Å². The van der Waals surface area contributed by atoms with Crippen LogP contribution in [0.2, 0.25) is 0 Å². The van der Waals surface area contributed by atoms with Crippen molar-refractivity contribution in [2.24, 2.45) is 0 Å². The predicted octanol–water partition coefficient (Wildman–Crippen LogP) is 15.8. The van der Waals surface area contributed by atoms with Crippen molar-refractivity contribution in [3.63, 3.8) is 0 Å². The second kappa shape index (κ2) is 15.8. The number of hydrogen-bond donors (Lipinski definition) is 1. The Hall–Kier alpha value is -6.81. The molecule has 7 aromatic carbocycles. The maximum atomic E-state index is 10.2. The van der Waals surface area contributed by atoms with Gasteiger partial charge in [-0.3, -0.25) is 0 Å². The molecule has 0 spiro atoms. The van der Waals surface area contributed by atoms with Crippen LogP contribution in [0.4, 0.5) is 34.1 Å². The van der Waals surface area contributed by atoms with Crippen molar-refractivity contribution < 1.29 is 9.47 Å². The lowest BCUT2D eigenvalue weighted by Gasteiger charge is -2.44. The first-order valence-corrected chi connectivity index (χ1v) is 23.1. The minimum atomic E-state index is 0.249. The summed E-state index contributed by atoms with van der Waals surface area (Å²) in [6, 6.07) is 55.2. The standard InChI is InChI=1S/C57H50N4O2/c58-35-37-27-29-41(30-28-37)53-52(39-15-3-1-4-16-39)54(42-33-31-38(32-34-42)43-36-59-43)57(61-46-21-9-13-25-50(46)63-51-26-14-10-22-47(51)61)55(40-17-5-2-6-18-40)56(53)60-44-19-7-11-23-48(44)62-49-24-12-8-20-45(49)60/h7-14,19-34,39-40,43,59H,1-6,15-18,36H2. The molecule has 2 aliphatic carbocycles. The summed E-state index contributed by atoms with van der Waals surface area (Å²) in [5.41, 5.74) is 16.3. The second-order valence-electron chi connectivity index (χ2n) is 18.0. The van der Waals surface area contributed by atoms with Crippen LogP contribution in [0, 0.1) is 11.3 Å². The van der Waals surface area contributed by atoms with E-state index >= 15 is 0 Å². The maximum Gasteiger partial charge on any atom is 0.151 e. The Morgan fingerprint density at radius 3 is 1.24 bits per heavy atom. The molecule has 7 aromatic rings. The van der Waals surface area contributed by atoms with Gasteiger partial charge in [0.15, 0.2) is 23.0 Å². The molecule has 1 atom stereocenters. The van der Waals surface area contributed by atoms with Gasteiger partial charge in [-0.1, -0.05) is 123 Å². The number of para-hydroxylation sites is 8. The summed E-state index contributed by atoms with van der Waals surface area (Å²) in [5.74, 6) is 3.93. The summed E-state index contributed by atoms with van der Waals surface area (Å²) >= 11 is 0. The van der Waals surface area contributed by atoms with Gasteiger partial charge in [0.2, 0.25) is 0 Å². The summed E-state index contributed by atoms with van der Waals surface area (Å²) in [5, 5.41) is 13.7. The van der Waals surface area contributed by atoms with Gasteiger partial charge in [0.05, 0.1) is 45.8 Å². The van der Waals surface area contributed by atoms with Gasteiger partial charge in [0.25, 0.3) is 0 Å². The molecule has 5 aliphatic rings. The first-order chi connectivity index (χ1) is 31.2.